The van der Waals surface area contributed by atoms with Gasteiger partial charge in [-0.2, -0.15) is 0 Å². The molecule has 2 nitrogen and oxygen atoms in total. The Morgan fingerprint density at radius 3 is 3.00 bits per heavy atom. The maximum absolute atomic E-state index is 13.1. The van der Waals surface area contributed by atoms with E-state index in [9.17, 15) is 4.39 Å². The molecule has 106 valence electrons. The third kappa shape index (κ3) is 4.92. The highest BCUT2D eigenvalue weighted by atomic mass is 19.1. The summed E-state index contributed by atoms with van der Waals surface area (Å²) in [6.07, 6.45) is 7.15. The minimum absolute atomic E-state index is 0.160. The molecule has 1 aromatic rings. The van der Waals surface area contributed by atoms with E-state index in [1.165, 1.54) is 18.9 Å². The summed E-state index contributed by atoms with van der Waals surface area (Å²) < 4.78 is 18.8. The molecule has 0 aromatic heterocycles. The summed E-state index contributed by atoms with van der Waals surface area (Å²) in [5.41, 5.74) is 6.88. The second kappa shape index (κ2) is 7.61. The molecule has 0 radical (unpaired) electrons. The second-order valence-corrected chi connectivity index (χ2v) is 5.50. The van der Waals surface area contributed by atoms with Gasteiger partial charge >= 0.3 is 0 Å². The molecule has 2 rings (SSSR count). The minimum atomic E-state index is -0.160. The van der Waals surface area contributed by atoms with Crippen molar-refractivity contribution in [2.24, 2.45) is 11.7 Å². The van der Waals surface area contributed by atoms with Gasteiger partial charge in [0.25, 0.3) is 0 Å². The molecule has 1 aromatic carbocycles. The average Bonchev–Trinajstić information content (AvgIpc) is 2.91. The van der Waals surface area contributed by atoms with Gasteiger partial charge in [0.15, 0.2) is 0 Å². The summed E-state index contributed by atoms with van der Waals surface area (Å²) in [6.45, 7) is 1.59. The fourth-order valence-electron chi connectivity index (χ4n) is 2.81. The summed E-state index contributed by atoms with van der Waals surface area (Å²) in [7, 11) is 0. The molecule has 0 aliphatic carbocycles. The first-order valence-corrected chi connectivity index (χ1v) is 7.34. The third-order valence-corrected chi connectivity index (χ3v) is 3.91. The lowest BCUT2D eigenvalue weighted by Crippen LogP contribution is -2.17. The first-order valence-electron chi connectivity index (χ1n) is 7.34. The zero-order chi connectivity index (χ0) is 13.5. The van der Waals surface area contributed by atoms with Crippen LogP contribution >= 0.6 is 0 Å². The first-order chi connectivity index (χ1) is 9.28. The van der Waals surface area contributed by atoms with Gasteiger partial charge < -0.3 is 10.5 Å². The molecular weight excluding hydrogens is 241 g/mol. The van der Waals surface area contributed by atoms with Crippen molar-refractivity contribution in [2.45, 2.75) is 44.6 Å². The van der Waals surface area contributed by atoms with Crippen molar-refractivity contribution in [2.75, 3.05) is 13.2 Å². The van der Waals surface area contributed by atoms with E-state index in [0.717, 1.165) is 37.9 Å². The van der Waals surface area contributed by atoms with Crippen LogP contribution in [0.2, 0.25) is 0 Å². The molecule has 1 heterocycles. The number of rotatable bonds is 7. The van der Waals surface area contributed by atoms with Crippen molar-refractivity contribution >= 4 is 0 Å². The first kappa shape index (κ1) is 14.5. The topological polar surface area (TPSA) is 35.2 Å². The lowest BCUT2D eigenvalue weighted by atomic mass is 9.93. The molecule has 1 aliphatic heterocycles. The number of hydrogen-bond acceptors (Lipinski definition) is 2. The van der Waals surface area contributed by atoms with Gasteiger partial charge in [-0.05, 0) is 62.3 Å². The molecule has 0 amide bonds. The highest BCUT2D eigenvalue weighted by molar-refractivity contribution is 5.16. The quantitative estimate of drug-likeness (QED) is 0.821. The van der Waals surface area contributed by atoms with Crippen LogP contribution < -0.4 is 5.73 Å². The standard InChI is InChI=1S/C16H24FNO/c17-15-6-1-4-13(11-15)10-14(12-18)5-2-7-16-8-3-9-19-16/h1,4,6,11,14,16H,2-3,5,7-10,12,18H2. The fraction of sp³-hybridized carbons (Fsp3) is 0.625. The highest BCUT2D eigenvalue weighted by Crippen LogP contribution is 2.21. The Labute approximate surface area is 115 Å². The van der Waals surface area contributed by atoms with E-state index in [0.29, 0.717) is 18.6 Å². The summed E-state index contributed by atoms with van der Waals surface area (Å²) in [5.74, 6) is 0.288. The van der Waals surface area contributed by atoms with Gasteiger partial charge in [0.05, 0.1) is 6.10 Å². The van der Waals surface area contributed by atoms with E-state index in [4.69, 9.17) is 10.5 Å². The van der Waals surface area contributed by atoms with Crippen molar-refractivity contribution in [3.05, 3.63) is 35.6 Å². The van der Waals surface area contributed by atoms with Gasteiger partial charge in [0, 0.05) is 6.61 Å². The van der Waals surface area contributed by atoms with E-state index < -0.39 is 0 Å². The van der Waals surface area contributed by atoms with E-state index in [1.54, 1.807) is 12.1 Å². The molecule has 1 saturated heterocycles. The number of halogens is 1. The molecule has 1 fully saturated rings. The Morgan fingerprint density at radius 1 is 1.42 bits per heavy atom. The Hall–Kier alpha value is -0.930. The van der Waals surface area contributed by atoms with Gasteiger partial charge in [-0.25, -0.2) is 4.39 Å². The number of hydrogen-bond donors (Lipinski definition) is 1. The molecule has 19 heavy (non-hydrogen) atoms. The van der Waals surface area contributed by atoms with Crippen LogP contribution in [0.1, 0.15) is 37.7 Å². The van der Waals surface area contributed by atoms with Crippen molar-refractivity contribution in [3.63, 3.8) is 0 Å². The van der Waals surface area contributed by atoms with Crippen LogP contribution in [0.25, 0.3) is 0 Å². The number of nitrogens with two attached hydrogens (primary N) is 1. The SMILES string of the molecule is NCC(CCCC1CCCO1)Cc1cccc(F)c1. The molecule has 1 aliphatic rings. The van der Waals surface area contributed by atoms with Gasteiger partial charge in [-0.1, -0.05) is 18.6 Å². The Bertz CT molecular complexity index is 377. The summed E-state index contributed by atoms with van der Waals surface area (Å²) in [4.78, 5) is 0. The highest BCUT2D eigenvalue weighted by Gasteiger charge is 2.16. The van der Waals surface area contributed by atoms with E-state index in [2.05, 4.69) is 0 Å². The van der Waals surface area contributed by atoms with Crippen molar-refractivity contribution in [3.8, 4) is 0 Å². The molecular formula is C16H24FNO. The van der Waals surface area contributed by atoms with Crippen LogP contribution in [-0.4, -0.2) is 19.3 Å². The summed E-state index contributed by atoms with van der Waals surface area (Å²) in [6, 6.07) is 6.84. The molecule has 0 bridgehead atoms. The van der Waals surface area contributed by atoms with Gasteiger partial charge in [0.1, 0.15) is 5.82 Å². The maximum atomic E-state index is 13.1. The van der Waals surface area contributed by atoms with Crippen molar-refractivity contribution < 1.29 is 9.13 Å². The molecule has 2 N–H and O–H groups in total. The van der Waals surface area contributed by atoms with E-state index >= 15 is 0 Å². The zero-order valence-electron chi connectivity index (χ0n) is 11.5. The van der Waals surface area contributed by atoms with E-state index in [-0.39, 0.29) is 5.82 Å². The lowest BCUT2D eigenvalue weighted by molar-refractivity contribution is 0.101. The average molecular weight is 265 g/mol. The predicted octanol–water partition coefficient (Wildman–Crippen LogP) is 3.29. The molecule has 2 unspecified atom stereocenters. The Morgan fingerprint density at radius 2 is 2.32 bits per heavy atom. The van der Waals surface area contributed by atoms with Gasteiger partial charge in [0.2, 0.25) is 0 Å². The van der Waals surface area contributed by atoms with Crippen LogP contribution in [-0.2, 0) is 11.2 Å². The van der Waals surface area contributed by atoms with Gasteiger partial charge in [-0.3, -0.25) is 0 Å². The molecule has 0 spiro atoms. The van der Waals surface area contributed by atoms with E-state index in [1.807, 2.05) is 6.07 Å². The van der Waals surface area contributed by atoms with Crippen LogP contribution in [0.15, 0.2) is 24.3 Å². The zero-order valence-corrected chi connectivity index (χ0v) is 11.5. The fourth-order valence-corrected chi connectivity index (χ4v) is 2.81. The number of benzene rings is 1. The minimum Gasteiger partial charge on any atom is -0.378 e. The van der Waals surface area contributed by atoms with Crippen LogP contribution in [0, 0.1) is 11.7 Å². The molecule has 2 atom stereocenters. The predicted molar refractivity (Wildman–Crippen MR) is 75.5 cm³/mol. The summed E-state index contributed by atoms with van der Waals surface area (Å²) in [5, 5.41) is 0. The molecule has 0 saturated carbocycles. The van der Waals surface area contributed by atoms with Crippen LogP contribution in [0.3, 0.4) is 0 Å². The Balaban J connectivity index is 1.73. The van der Waals surface area contributed by atoms with Crippen molar-refractivity contribution in [1.82, 2.24) is 0 Å². The van der Waals surface area contributed by atoms with Crippen LogP contribution in [0.4, 0.5) is 4.39 Å². The van der Waals surface area contributed by atoms with Crippen LogP contribution in [0.5, 0.6) is 0 Å². The van der Waals surface area contributed by atoms with Crippen molar-refractivity contribution in [1.29, 1.82) is 0 Å². The normalized spacial score (nSPS) is 20.6. The van der Waals surface area contributed by atoms with Gasteiger partial charge in [-0.15, -0.1) is 0 Å². The smallest absolute Gasteiger partial charge is 0.123 e. The maximum Gasteiger partial charge on any atom is 0.123 e. The summed E-state index contributed by atoms with van der Waals surface area (Å²) >= 11 is 0. The Kier molecular flexibility index (Phi) is 5.80. The number of ether oxygens (including phenoxy) is 1. The molecule has 3 heteroatoms. The monoisotopic (exact) mass is 265 g/mol. The third-order valence-electron chi connectivity index (χ3n) is 3.91. The lowest BCUT2D eigenvalue weighted by Gasteiger charge is -2.16. The largest absolute Gasteiger partial charge is 0.378 e. The second-order valence-electron chi connectivity index (χ2n) is 5.50.